The Bertz CT molecular complexity index is 1260. The highest BCUT2D eigenvalue weighted by atomic mass is 16.5. The number of amides is 2. The molecule has 1 aromatic heterocycles. The topological polar surface area (TPSA) is 111 Å². The van der Waals surface area contributed by atoms with Crippen molar-refractivity contribution < 1.29 is 28.3 Å². The summed E-state index contributed by atoms with van der Waals surface area (Å²) in [5.41, 5.74) is 2.08. The Morgan fingerprint density at radius 2 is 1.97 bits per heavy atom. The van der Waals surface area contributed by atoms with Crippen LogP contribution in [0.25, 0.3) is 0 Å². The molecule has 2 heterocycles. The van der Waals surface area contributed by atoms with Crippen LogP contribution in [0.1, 0.15) is 45.1 Å². The number of carbonyl (C=O) groups excluding carboxylic acids is 3. The molecular weight excluding hydrogens is 450 g/mol. The van der Waals surface area contributed by atoms with E-state index in [2.05, 4.69) is 10.3 Å². The molecule has 1 aliphatic heterocycles. The quantitative estimate of drug-likeness (QED) is 0.473. The molecule has 0 saturated heterocycles. The van der Waals surface area contributed by atoms with E-state index in [4.69, 9.17) is 13.9 Å². The molecule has 5 rings (SSSR count). The lowest BCUT2D eigenvalue weighted by atomic mass is 10.1. The van der Waals surface area contributed by atoms with Gasteiger partial charge in [-0.05, 0) is 56.0 Å². The number of Topliss-reactive ketones (excluding diaryl/α,β-unsaturated/α-hetero) is 1. The minimum Gasteiger partial charge on any atom is -0.485 e. The maximum Gasteiger partial charge on any atom is 0.273 e. The van der Waals surface area contributed by atoms with E-state index in [1.54, 1.807) is 30.3 Å². The molecule has 0 spiro atoms. The summed E-state index contributed by atoms with van der Waals surface area (Å²) < 4.78 is 16.6. The number of benzene rings is 2. The molecule has 1 fully saturated rings. The Hall–Kier alpha value is -4.14. The molecule has 1 saturated carbocycles. The van der Waals surface area contributed by atoms with Gasteiger partial charge in [0.15, 0.2) is 24.7 Å². The van der Waals surface area contributed by atoms with Gasteiger partial charge in [-0.2, -0.15) is 0 Å². The molecule has 9 nitrogen and oxygen atoms in total. The van der Waals surface area contributed by atoms with E-state index in [1.165, 1.54) is 11.2 Å². The van der Waals surface area contributed by atoms with Crippen molar-refractivity contribution in [2.75, 3.05) is 24.7 Å². The number of ketones is 1. The molecule has 1 N–H and O–H groups in total. The lowest BCUT2D eigenvalue weighted by molar-refractivity contribution is -0.121. The third kappa shape index (κ3) is 5.34. The second-order valence-electron chi connectivity index (χ2n) is 8.76. The number of anilines is 1. The highest BCUT2D eigenvalue weighted by Crippen LogP contribution is 2.34. The zero-order valence-corrected chi connectivity index (χ0v) is 19.3. The third-order valence-corrected chi connectivity index (χ3v) is 5.94. The Morgan fingerprint density at radius 1 is 1.17 bits per heavy atom. The number of nitrogens with one attached hydrogen (secondary N) is 1. The molecule has 3 aromatic rings. The highest BCUT2D eigenvalue weighted by molar-refractivity contribution is 6.02. The number of hydrogen-bond donors (Lipinski definition) is 1. The average molecular weight is 476 g/mol. The predicted molar refractivity (Wildman–Crippen MR) is 126 cm³/mol. The summed E-state index contributed by atoms with van der Waals surface area (Å²) in [5, 5.41) is 2.84. The second-order valence-corrected chi connectivity index (χ2v) is 8.76. The standard InChI is InChI=1S/C26H25N3O6/c1-16-2-7-19(8-3-16)33-14-22(30)18-6-9-23-21(10-18)29(25(31)15-34-23)12-24-28-20(13-35-24)26(32)27-11-17-4-5-17/h2-3,6-10,13,17H,4-5,11-12,14-15H2,1H3,(H,27,32). The van der Waals surface area contributed by atoms with Crippen molar-refractivity contribution in [1.82, 2.24) is 10.3 Å². The first-order valence-electron chi connectivity index (χ1n) is 11.5. The third-order valence-electron chi connectivity index (χ3n) is 5.94. The predicted octanol–water partition coefficient (Wildman–Crippen LogP) is 3.31. The van der Waals surface area contributed by atoms with Gasteiger partial charge in [0, 0.05) is 12.1 Å². The van der Waals surface area contributed by atoms with Gasteiger partial charge in [0.1, 0.15) is 24.3 Å². The Labute approximate surface area is 202 Å². The van der Waals surface area contributed by atoms with E-state index in [1.807, 2.05) is 19.1 Å². The molecule has 1 aliphatic carbocycles. The van der Waals surface area contributed by atoms with Gasteiger partial charge in [0.2, 0.25) is 5.89 Å². The molecule has 0 radical (unpaired) electrons. The molecule has 180 valence electrons. The van der Waals surface area contributed by atoms with Crippen LogP contribution in [-0.4, -0.2) is 42.3 Å². The molecular formula is C26H25N3O6. The first kappa shape index (κ1) is 22.6. The molecule has 2 aliphatic rings. The Balaban J connectivity index is 1.28. The van der Waals surface area contributed by atoms with Crippen LogP contribution in [-0.2, 0) is 11.3 Å². The summed E-state index contributed by atoms with van der Waals surface area (Å²) in [7, 11) is 0. The van der Waals surface area contributed by atoms with Crippen LogP contribution in [0.15, 0.2) is 53.1 Å². The maximum absolute atomic E-state index is 12.8. The fourth-order valence-corrected chi connectivity index (χ4v) is 3.69. The van der Waals surface area contributed by atoms with E-state index < -0.39 is 0 Å². The molecule has 0 atom stereocenters. The van der Waals surface area contributed by atoms with Crippen molar-refractivity contribution in [3.05, 3.63) is 71.4 Å². The van der Waals surface area contributed by atoms with Gasteiger partial charge in [-0.3, -0.25) is 19.3 Å². The minimum atomic E-state index is -0.309. The van der Waals surface area contributed by atoms with E-state index >= 15 is 0 Å². The van der Waals surface area contributed by atoms with E-state index in [-0.39, 0.29) is 48.9 Å². The summed E-state index contributed by atoms with van der Waals surface area (Å²) in [6, 6.07) is 12.3. The first-order valence-corrected chi connectivity index (χ1v) is 11.5. The number of aromatic nitrogens is 1. The lowest BCUT2D eigenvalue weighted by Gasteiger charge is -2.28. The number of ether oxygens (including phenoxy) is 2. The molecule has 35 heavy (non-hydrogen) atoms. The van der Waals surface area contributed by atoms with Gasteiger partial charge in [0.25, 0.3) is 11.8 Å². The zero-order valence-electron chi connectivity index (χ0n) is 19.3. The van der Waals surface area contributed by atoms with Crippen molar-refractivity contribution in [1.29, 1.82) is 0 Å². The summed E-state index contributed by atoms with van der Waals surface area (Å²) >= 11 is 0. The van der Waals surface area contributed by atoms with Gasteiger partial charge in [-0.25, -0.2) is 4.98 Å². The Kier molecular flexibility index (Phi) is 6.22. The summed E-state index contributed by atoms with van der Waals surface area (Å²) in [6.45, 7) is 2.31. The van der Waals surface area contributed by atoms with Gasteiger partial charge in [0.05, 0.1) is 5.69 Å². The lowest BCUT2D eigenvalue weighted by Crippen LogP contribution is -2.38. The SMILES string of the molecule is Cc1ccc(OCC(=O)c2ccc3c(c2)N(Cc2nc(C(=O)NCC4CC4)co2)C(=O)CO3)cc1. The number of rotatable bonds is 9. The van der Waals surface area contributed by atoms with Crippen LogP contribution in [0.4, 0.5) is 5.69 Å². The molecule has 2 amide bonds. The summed E-state index contributed by atoms with van der Waals surface area (Å²) in [6.07, 6.45) is 3.54. The largest absolute Gasteiger partial charge is 0.485 e. The van der Waals surface area contributed by atoms with Crippen molar-refractivity contribution in [2.45, 2.75) is 26.3 Å². The van der Waals surface area contributed by atoms with Crippen LogP contribution in [0, 0.1) is 12.8 Å². The van der Waals surface area contributed by atoms with Crippen LogP contribution in [0.3, 0.4) is 0 Å². The van der Waals surface area contributed by atoms with Crippen molar-refractivity contribution in [3.8, 4) is 11.5 Å². The zero-order chi connectivity index (χ0) is 24.4. The second kappa shape index (κ2) is 9.61. The van der Waals surface area contributed by atoms with Gasteiger partial charge >= 0.3 is 0 Å². The number of aryl methyl sites for hydroxylation is 1. The molecule has 0 bridgehead atoms. The number of carbonyl (C=O) groups is 3. The maximum atomic E-state index is 12.8. The summed E-state index contributed by atoms with van der Waals surface area (Å²) in [5.74, 6) is 0.974. The number of fused-ring (bicyclic) bond motifs is 1. The smallest absolute Gasteiger partial charge is 0.273 e. The first-order chi connectivity index (χ1) is 17.0. The number of oxazole rings is 1. The molecule has 0 unspecified atom stereocenters. The van der Waals surface area contributed by atoms with E-state index in [0.717, 1.165) is 18.4 Å². The van der Waals surface area contributed by atoms with Gasteiger partial charge in [-0.1, -0.05) is 17.7 Å². The number of hydrogen-bond acceptors (Lipinski definition) is 7. The Morgan fingerprint density at radius 3 is 2.74 bits per heavy atom. The van der Waals surface area contributed by atoms with Crippen LogP contribution in [0.2, 0.25) is 0 Å². The van der Waals surface area contributed by atoms with E-state index in [9.17, 15) is 14.4 Å². The van der Waals surface area contributed by atoms with Crippen molar-refractivity contribution >= 4 is 23.3 Å². The minimum absolute atomic E-state index is 0.00259. The van der Waals surface area contributed by atoms with Crippen molar-refractivity contribution in [2.24, 2.45) is 5.92 Å². The average Bonchev–Trinajstić information content (AvgIpc) is 3.59. The van der Waals surface area contributed by atoms with Crippen LogP contribution < -0.4 is 19.7 Å². The van der Waals surface area contributed by atoms with Gasteiger partial charge in [-0.15, -0.1) is 0 Å². The fourth-order valence-electron chi connectivity index (χ4n) is 3.69. The fraction of sp³-hybridized carbons (Fsp3) is 0.308. The molecule has 9 heteroatoms. The normalized spacial score (nSPS) is 14.8. The summed E-state index contributed by atoms with van der Waals surface area (Å²) in [4.78, 5) is 43.4. The highest BCUT2D eigenvalue weighted by Gasteiger charge is 2.29. The van der Waals surface area contributed by atoms with Gasteiger partial charge < -0.3 is 19.2 Å². The number of nitrogens with zero attached hydrogens (tertiary/aromatic N) is 2. The van der Waals surface area contributed by atoms with E-state index in [0.29, 0.717) is 35.2 Å². The monoisotopic (exact) mass is 475 g/mol. The van der Waals surface area contributed by atoms with Crippen LogP contribution in [0.5, 0.6) is 11.5 Å². The van der Waals surface area contributed by atoms with Crippen LogP contribution >= 0.6 is 0 Å². The molecule has 2 aromatic carbocycles. The van der Waals surface area contributed by atoms with Crippen molar-refractivity contribution in [3.63, 3.8) is 0 Å².